The maximum absolute atomic E-state index is 12.9. The van der Waals surface area contributed by atoms with Crippen LogP contribution in [0.2, 0.25) is 0 Å². The molecule has 0 aliphatic carbocycles. The summed E-state index contributed by atoms with van der Waals surface area (Å²) in [6, 6.07) is 5.72. The number of aromatic nitrogens is 2. The second-order valence-electron chi connectivity index (χ2n) is 5.86. The second-order valence-corrected chi connectivity index (χ2v) is 5.86. The normalized spacial score (nSPS) is 16.7. The lowest BCUT2D eigenvalue weighted by molar-refractivity contribution is 0.0775. The van der Waals surface area contributed by atoms with E-state index in [9.17, 15) is 14.0 Å². The quantitative estimate of drug-likeness (QED) is 0.852. The molecule has 0 bridgehead atoms. The summed E-state index contributed by atoms with van der Waals surface area (Å²) in [5.41, 5.74) is 6.53. The molecule has 1 atom stereocenters. The first-order valence-electron chi connectivity index (χ1n) is 7.93. The number of likely N-dealkylation sites (tertiary alicyclic amines) is 1. The fourth-order valence-electron chi connectivity index (χ4n) is 2.65. The first kappa shape index (κ1) is 17.0. The number of amides is 2. The van der Waals surface area contributed by atoms with Gasteiger partial charge in [-0.3, -0.25) is 9.59 Å². The minimum absolute atomic E-state index is 0.00760. The maximum atomic E-state index is 12.9. The lowest BCUT2D eigenvalue weighted by Gasteiger charge is -2.16. The average molecular weight is 343 g/mol. The highest BCUT2D eigenvalue weighted by Crippen LogP contribution is 2.13. The van der Waals surface area contributed by atoms with Gasteiger partial charge in [-0.2, -0.15) is 0 Å². The Hall–Kier alpha value is -2.87. The van der Waals surface area contributed by atoms with E-state index in [-0.39, 0.29) is 35.7 Å². The molecule has 25 heavy (non-hydrogen) atoms. The van der Waals surface area contributed by atoms with Crippen LogP contribution in [0.1, 0.15) is 33.0 Å². The van der Waals surface area contributed by atoms with Gasteiger partial charge in [0, 0.05) is 38.1 Å². The molecule has 0 saturated carbocycles. The fraction of sp³-hybridized carbons (Fsp3) is 0.294. The van der Waals surface area contributed by atoms with E-state index in [1.165, 1.54) is 24.5 Å². The molecule has 1 aliphatic rings. The summed E-state index contributed by atoms with van der Waals surface area (Å²) in [7, 11) is 0. The van der Waals surface area contributed by atoms with E-state index in [1.54, 1.807) is 17.0 Å². The molecule has 130 valence electrons. The van der Waals surface area contributed by atoms with Gasteiger partial charge in [-0.25, -0.2) is 14.4 Å². The number of halogens is 1. The average Bonchev–Trinajstić information content (AvgIpc) is 3.07. The predicted octanol–water partition coefficient (Wildman–Crippen LogP) is 0.719. The van der Waals surface area contributed by atoms with Crippen LogP contribution >= 0.6 is 0 Å². The third-order valence-electron chi connectivity index (χ3n) is 3.99. The van der Waals surface area contributed by atoms with Crippen molar-refractivity contribution in [1.29, 1.82) is 0 Å². The van der Waals surface area contributed by atoms with Crippen LogP contribution in [0.15, 0.2) is 36.7 Å². The van der Waals surface area contributed by atoms with Crippen molar-refractivity contribution in [2.24, 2.45) is 5.73 Å². The Morgan fingerprint density at radius 3 is 2.52 bits per heavy atom. The zero-order chi connectivity index (χ0) is 17.8. The Labute approximate surface area is 144 Å². The molecule has 7 nitrogen and oxygen atoms in total. The van der Waals surface area contributed by atoms with Crippen molar-refractivity contribution in [3.05, 3.63) is 59.4 Å². The van der Waals surface area contributed by atoms with Crippen molar-refractivity contribution in [3.63, 3.8) is 0 Å². The fourth-order valence-corrected chi connectivity index (χ4v) is 2.65. The molecule has 3 rings (SSSR count). The van der Waals surface area contributed by atoms with Crippen molar-refractivity contribution in [3.8, 4) is 0 Å². The molecule has 2 aromatic rings. The molecular weight excluding hydrogens is 325 g/mol. The van der Waals surface area contributed by atoms with Crippen molar-refractivity contribution in [1.82, 2.24) is 20.2 Å². The Bertz CT molecular complexity index is 781. The smallest absolute Gasteiger partial charge is 0.274 e. The Kier molecular flexibility index (Phi) is 4.99. The van der Waals surface area contributed by atoms with Crippen molar-refractivity contribution < 1.29 is 14.0 Å². The molecule has 1 aromatic heterocycles. The number of hydrogen-bond acceptors (Lipinski definition) is 5. The lowest BCUT2D eigenvalue weighted by atomic mass is 10.2. The monoisotopic (exact) mass is 343 g/mol. The summed E-state index contributed by atoms with van der Waals surface area (Å²) in [6.07, 6.45) is 3.46. The third kappa shape index (κ3) is 3.97. The minimum Gasteiger partial charge on any atom is -0.347 e. The van der Waals surface area contributed by atoms with E-state index in [0.29, 0.717) is 13.1 Å². The van der Waals surface area contributed by atoms with Crippen molar-refractivity contribution in [2.45, 2.75) is 19.0 Å². The van der Waals surface area contributed by atoms with Gasteiger partial charge in [-0.1, -0.05) is 12.1 Å². The molecular formula is C17H18FN5O2. The molecule has 0 spiro atoms. The van der Waals surface area contributed by atoms with E-state index in [4.69, 9.17) is 5.73 Å². The highest BCUT2D eigenvalue weighted by atomic mass is 19.1. The number of carbonyl (C=O) groups is 2. The van der Waals surface area contributed by atoms with E-state index in [1.807, 2.05) is 0 Å². The van der Waals surface area contributed by atoms with Gasteiger partial charge in [0.25, 0.3) is 11.8 Å². The molecule has 0 radical (unpaired) electrons. The highest BCUT2D eigenvalue weighted by molar-refractivity contribution is 6.04. The Balaban J connectivity index is 1.72. The molecule has 3 N–H and O–H groups in total. The SMILES string of the molecule is N[C@@H]1CCN(C(=O)c2nccnc2C(=O)NCc2ccc(F)cc2)C1. The zero-order valence-corrected chi connectivity index (χ0v) is 13.5. The molecule has 8 heteroatoms. The predicted molar refractivity (Wildman–Crippen MR) is 88.1 cm³/mol. The van der Waals surface area contributed by atoms with Gasteiger partial charge in [0.05, 0.1) is 0 Å². The van der Waals surface area contributed by atoms with E-state index in [2.05, 4.69) is 15.3 Å². The summed E-state index contributed by atoms with van der Waals surface area (Å²) in [5, 5.41) is 2.67. The van der Waals surface area contributed by atoms with Crippen LogP contribution in [0.4, 0.5) is 4.39 Å². The number of hydrogen-bond donors (Lipinski definition) is 2. The Morgan fingerprint density at radius 2 is 1.88 bits per heavy atom. The van der Waals surface area contributed by atoms with Gasteiger partial charge >= 0.3 is 0 Å². The van der Waals surface area contributed by atoms with Crippen LogP contribution in [0, 0.1) is 5.82 Å². The van der Waals surface area contributed by atoms with E-state index >= 15 is 0 Å². The summed E-state index contributed by atoms with van der Waals surface area (Å²) in [6.45, 7) is 1.16. The summed E-state index contributed by atoms with van der Waals surface area (Å²) >= 11 is 0. The summed E-state index contributed by atoms with van der Waals surface area (Å²) in [4.78, 5) is 34.6. The molecule has 1 aromatic carbocycles. The molecule has 2 amide bonds. The van der Waals surface area contributed by atoms with E-state index in [0.717, 1.165) is 12.0 Å². The first-order chi connectivity index (χ1) is 12.0. The van der Waals surface area contributed by atoms with Crippen molar-refractivity contribution >= 4 is 11.8 Å². The third-order valence-corrected chi connectivity index (χ3v) is 3.99. The van der Waals surface area contributed by atoms with Crippen LogP contribution in [-0.4, -0.2) is 45.8 Å². The number of nitrogens with zero attached hydrogens (tertiary/aromatic N) is 3. The summed E-state index contributed by atoms with van der Waals surface area (Å²) < 4.78 is 12.9. The molecule has 0 unspecified atom stereocenters. The van der Waals surface area contributed by atoms with Gasteiger partial charge in [0.1, 0.15) is 5.82 Å². The number of benzene rings is 1. The van der Waals surface area contributed by atoms with Crippen LogP contribution < -0.4 is 11.1 Å². The molecule has 2 heterocycles. The topological polar surface area (TPSA) is 101 Å². The summed E-state index contributed by atoms with van der Waals surface area (Å²) in [5.74, 6) is -1.21. The van der Waals surface area contributed by atoms with Crippen LogP contribution in [-0.2, 0) is 6.54 Å². The van der Waals surface area contributed by atoms with Crippen LogP contribution in [0.25, 0.3) is 0 Å². The number of nitrogens with two attached hydrogens (primary N) is 1. The lowest BCUT2D eigenvalue weighted by Crippen LogP contribution is -2.35. The molecule has 1 aliphatic heterocycles. The van der Waals surface area contributed by atoms with Crippen LogP contribution in [0.3, 0.4) is 0 Å². The van der Waals surface area contributed by atoms with Crippen molar-refractivity contribution in [2.75, 3.05) is 13.1 Å². The first-order valence-corrected chi connectivity index (χ1v) is 7.93. The molecule has 1 fully saturated rings. The van der Waals surface area contributed by atoms with Gasteiger partial charge in [0.15, 0.2) is 11.4 Å². The van der Waals surface area contributed by atoms with E-state index < -0.39 is 5.91 Å². The minimum atomic E-state index is -0.510. The largest absolute Gasteiger partial charge is 0.347 e. The van der Waals surface area contributed by atoms with Gasteiger partial charge in [-0.15, -0.1) is 0 Å². The highest BCUT2D eigenvalue weighted by Gasteiger charge is 2.29. The van der Waals surface area contributed by atoms with Crippen LogP contribution in [0.5, 0.6) is 0 Å². The number of carbonyl (C=O) groups excluding carboxylic acids is 2. The second kappa shape index (κ2) is 7.35. The van der Waals surface area contributed by atoms with Gasteiger partial charge < -0.3 is 16.0 Å². The van der Waals surface area contributed by atoms with Gasteiger partial charge in [-0.05, 0) is 24.1 Å². The molecule has 1 saturated heterocycles. The maximum Gasteiger partial charge on any atom is 0.274 e. The van der Waals surface area contributed by atoms with Gasteiger partial charge in [0.2, 0.25) is 0 Å². The standard InChI is InChI=1S/C17H18FN5O2/c18-12-3-1-11(2-4-12)9-22-16(24)14-15(21-7-6-20-14)17(25)23-8-5-13(19)10-23/h1-4,6-7,13H,5,8-10,19H2,(H,22,24)/t13-/m1/s1. The number of nitrogens with one attached hydrogen (secondary N) is 1. The zero-order valence-electron chi connectivity index (χ0n) is 13.5. The Morgan fingerprint density at radius 1 is 1.20 bits per heavy atom. The number of rotatable bonds is 4.